The zero-order chi connectivity index (χ0) is 11.5. The van der Waals surface area contributed by atoms with Crippen molar-refractivity contribution < 1.29 is 0 Å². The Kier molecular flexibility index (Phi) is 3.60. The van der Waals surface area contributed by atoms with Crippen molar-refractivity contribution in [1.82, 2.24) is 15.1 Å². The second-order valence-corrected chi connectivity index (χ2v) is 4.97. The monoisotopic (exact) mass is 286 g/mol. The largest absolute Gasteiger partial charge is 0.379 e. The minimum absolute atomic E-state index is 0.200. The molecule has 1 atom stereocenters. The van der Waals surface area contributed by atoms with Crippen LogP contribution in [-0.4, -0.2) is 41.3 Å². The molecule has 1 unspecified atom stereocenters. The summed E-state index contributed by atoms with van der Waals surface area (Å²) in [4.78, 5) is 13.6. The Morgan fingerprint density at radius 3 is 3.25 bits per heavy atom. The number of likely N-dealkylation sites (tertiary alicyclic amines) is 1. The summed E-state index contributed by atoms with van der Waals surface area (Å²) in [6, 6.07) is 0.388. The average molecular weight is 287 g/mol. The van der Waals surface area contributed by atoms with Crippen LogP contribution in [0.3, 0.4) is 0 Å². The third-order valence-electron chi connectivity index (χ3n) is 2.78. The van der Waals surface area contributed by atoms with Crippen molar-refractivity contribution in [2.45, 2.75) is 18.9 Å². The highest BCUT2D eigenvalue weighted by molar-refractivity contribution is 9.10. The summed E-state index contributed by atoms with van der Waals surface area (Å²) >= 11 is 3.26. The van der Waals surface area contributed by atoms with E-state index < -0.39 is 0 Å². The molecule has 0 spiro atoms. The van der Waals surface area contributed by atoms with Crippen molar-refractivity contribution >= 4 is 21.6 Å². The lowest BCUT2D eigenvalue weighted by Gasteiger charge is -2.30. The Hall–Kier alpha value is -0.880. The summed E-state index contributed by atoms with van der Waals surface area (Å²) in [5.74, 6) is 0. The van der Waals surface area contributed by atoms with Gasteiger partial charge in [-0.15, -0.1) is 0 Å². The van der Waals surface area contributed by atoms with E-state index in [1.807, 2.05) is 0 Å². The molecule has 0 aliphatic carbocycles. The number of piperidine rings is 1. The van der Waals surface area contributed by atoms with Crippen LogP contribution >= 0.6 is 15.9 Å². The number of rotatable bonds is 2. The molecule has 2 heterocycles. The van der Waals surface area contributed by atoms with Crippen LogP contribution in [0.1, 0.15) is 12.8 Å². The molecule has 0 aromatic carbocycles. The maximum Gasteiger partial charge on any atom is 0.280 e. The molecule has 1 fully saturated rings. The number of nitrogens with one attached hydrogen (secondary N) is 2. The van der Waals surface area contributed by atoms with Crippen LogP contribution in [0.4, 0.5) is 5.69 Å². The van der Waals surface area contributed by atoms with Gasteiger partial charge in [0.1, 0.15) is 4.47 Å². The third-order valence-corrected chi connectivity index (χ3v) is 3.57. The van der Waals surface area contributed by atoms with E-state index in [1.54, 1.807) is 6.20 Å². The molecule has 2 rings (SSSR count). The summed E-state index contributed by atoms with van der Waals surface area (Å²) in [5.41, 5.74) is 0.568. The Bertz CT molecular complexity index is 420. The van der Waals surface area contributed by atoms with Gasteiger partial charge in [0.05, 0.1) is 11.9 Å². The van der Waals surface area contributed by atoms with E-state index in [-0.39, 0.29) is 5.56 Å². The fourth-order valence-electron chi connectivity index (χ4n) is 1.99. The second kappa shape index (κ2) is 4.97. The van der Waals surface area contributed by atoms with E-state index in [4.69, 9.17) is 0 Å². The maximum absolute atomic E-state index is 11.3. The van der Waals surface area contributed by atoms with E-state index in [0.717, 1.165) is 25.2 Å². The number of anilines is 1. The highest BCUT2D eigenvalue weighted by Crippen LogP contribution is 2.19. The van der Waals surface area contributed by atoms with Crippen LogP contribution in [0.15, 0.2) is 15.5 Å². The Labute approximate surface area is 102 Å². The normalized spacial score (nSPS) is 22.0. The summed E-state index contributed by atoms with van der Waals surface area (Å²) in [6.07, 6.45) is 3.95. The zero-order valence-corrected chi connectivity index (χ0v) is 10.7. The number of likely N-dealkylation sites (N-methyl/N-ethyl adjacent to an activating group) is 1. The predicted molar refractivity (Wildman–Crippen MR) is 66.7 cm³/mol. The number of H-pyrrole nitrogens is 1. The molecule has 1 aromatic heterocycles. The molecule has 0 radical (unpaired) electrons. The quantitative estimate of drug-likeness (QED) is 0.853. The topological polar surface area (TPSA) is 61.0 Å². The van der Waals surface area contributed by atoms with E-state index >= 15 is 0 Å². The van der Waals surface area contributed by atoms with Crippen molar-refractivity contribution in [2.24, 2.45) is 0 Å². The van der Waals surface area contributed by atoms with Crippen molar-refractivity contribution in [2.75, 3.05) is 25.5 Å². The number of hydrogen-bond donors (Lipinski definition) is 2. The lowest BCUT2D eigenvalue weighted by molar-refractivity contribution is 0.261. The summed E-state index contributed by atoms with van der Waals surface area (Å²) in [6.45, 7) is 2.15. The molecule has 0 amide bonds. The molecule has 16 heavy (non-hydrogen) atoms. The summed E-state index contributed by atoms with van der Waals surface area (Å²) in [7, 11) is 2.11. The van der Waals surface area contributed by atoms with Gasteiger partial charge < -0.3 is 10.2 Å². The van der Waals surface area contributed by atoms with Crippen LogP contribution in [0.25, 0.3) is 0 Å². The van der Waals surface area contributed by atoms with Gasteiger partial charge in [0.2, 0.25) is 0 Å². The van der Waals surface area contributed by atoms with Gasteiger partial charge >= 0.3 is 0 Å². The maximum atomic E-state index is 11.3. The molecule has 5 nitrogen and oxygen atoms in total. The minimum Gasteiger partial charge on any atom is -0.379 e. The molecule has 1 saturated heterocycles. The highest BCUT2D eigenvalue weighted by atomic mass is 79.9. The fourth-order valence-corrected chi connectivity index (χ4v) is 2.29. The number of aromatic amines is 1. The molecule has 1 aromatic rings. The van der Waals surface area contributed by atoms with Crippen LogP contribution in [0.2, 0.25) is 0 Å². The lowest BCUT2D eigenvalue weighted by atomic mass is 10.1. The van der Waals surface area contributed by atoms with Crippen molar-refractivity contribution in [3.8, 4) is 0 Å². The molecule has 0 bridgehead atoms. The summed E-state index contributed by atoms with van der Waals surface area (Å²) < 4.78 is 0.524. The standard InChI is InChI=1S/C10H15BrN4O/c1-15-4-2-3-7(6-15)13-8-5-12-14-10(16)9(8)11/h5,7H,2-4,6H2,1H3,(H2,13,14,16). The van der Waals surface area contributed by atoms with Crippen molar-refractivity contribution in [3.63, 3.8) is 0 Å². The smallest absolute Gasteiger partial charge is 0.280 e. The van der Waals surface area contributed by atoms with Crippen LogP contribution in [0, 0.1) is 0 Å². The van der Waals surface area contributed by atoms with E-state index in [1.165, 1.54) is 6.42 Å². The Balaban J connectivity index is 2.08. The van der Waals surface area contributed by atoms with Gasteiger partial charge in [0.25, 0.3) is 5.56 Å². The molecule has 2 N–H and O–H groups in total. The predicted octanol–water partition coefficient (Wildman–Crippen LogP) is 1.04. The van der Waals surface area contributed by atoms with Gasteiger partial charge in [-0.05, 0) is 42.4 Å². The number of halogens is 1. The van der Waals surface area contributed by atoms with Gasteiger partial charge in [-0.3, -0.25) is 4.79 Å². The second-order valence-electron chi connectivity index (χ2n) is 4.17. The van der Waals surface area contributed by atoms with Crippen LogP contribution < -0.4 is 10.9 Å². The third kappa shape index (κ3) is 2.62. The van der Waals surface area contributed by atoms with Gasteiger partial charge in [-0.2, -0.15) is 5.10 Å². The van der Waals surface area contributed by atoms with Gasteiger partial charge in [0.15, 0.2) is 0 Å². The SMILES string of the molecule is CN1CCCC(Nc2cn[nH]c(=O)c2Br)C1. The van der Waals surface area contributed by atoms with E-state index in [2.05, 4.69) is 43.4 Å². The first-order valence-corrected chi connectivity index (χ1v) is 6.14. The first-order valence-electron chi connectivity index (χ1n) is 5.35. The first kappa shape index (κ1) is 11.6. The molecule has 1 aliphatic heterocycles. The Morgan fingerprint density at radius 2 is 2.50 bits per heavy atom. The highest BCUT2D eigenvalue weighted by Gasteiger charge is 2.18. The van der Waals surface area contributed by atoms with E-state index in [0.29, 0.717) is 10.5 Å². The van der Waals surface area contributed by atoms with Crippen molar-refractivity contribution in [1.29, 1.82) is 0 Å². The minimum atomic E-state index is -0.200. The van der Waals surface area contributed by atoms with E-state index in [9.17, 15) is 4.79 Å². The molecule has 88 valence electrons. The first-order chi connectivity index (χ1) is 7.66. The molecule has 6 heteroatoms. The van der Waals surface area contributed by atoms with Crippen molar-refractivity contribution in [3.05, 3.63) is 21.0 Å². The van der Waals surface area contributed by atoms with Gasteiger partial charge in [-0.1, -0.05) is 0 Å². The molecular formula is C10H15BrN4O. The molecular weight excluding hydrogens is 272 g/mol. The van der Waals surface area contributed by atoms with Gasteiger partial charge in [0, 0.05) is 12.6 Å². The van der Waals surface area contributed by atoms with Crippen LogP contribution in [0.5, 0.6) is 0 Å². The molecule has 0 saturated carbocycles. The Morgan fingerprint density at radius 1 is 1.69 bits per heavy atom. The number of aromatic nitrogens is 2. The zero-order valence-electron chi connectivity index (χ0n) is 9.16. The summed E-state index contributed by atoms with van der Waals surface area (Å²) in [5, 5.41) is 9.52. The fraction of sp³-hybridized carbons (Fsp3) is 0.600. The molecule has 1 aliphatic rings. The number of hydrogen-bond acceptors (Lipinski definition) is 4. The number of nitrogens with zero attached hydrogens (tertiary/aromatic N) is 2. The van der Waals surface area contributed by atoms with Crippen LogP contribution in [-0.2, 0) is 0 Å². The lowest BCUT2D eigenvalue weighted by Crippen LogP contribution is -2.40. The average Bonchev–Trinajstić information content (AvgIpc) is 2.25. The van der Waals surface area contributed by atoms with Gasteiger partial charge in [-0.25, -0.2) is 5.10 Å².